The van der Waals surface area contributed by atoms with E-state index in [-0.39, 0.29) is 40.8 Å². The molecule has 0 fully saturated rings. The Hall–Kier alpha value is 0.821. The van der Waals surface area contributed by atoms with Gasteiger partial charge in [-0.05, 0) is 18.3 Å². The molecule has 0 spiro atoms. The molecule has 2 nitrogen and oxygen atoms in total. The van der Waals surface area contributed by atoms with Gasteiger partial charge >= 0.3 is 5.97 Å². The number of hydrogen-bond donors (Lipinski definition) is 1. The molecule has 0 aliphatic carbocycles. The maximum atomic E-state index is 10.2. The summed E-state index contributed by atoms with van der Waals surface area (Å²) in [4.78, 5) is 10.2. The summed E-state index contributed by atoms with van der Waals surface area (Å²) in [6, 6.07) is 0. The second-order valence-corrected chi connectivity index (χ2v) is 4.52. The zero-order valence-electron chi connectivity index (χ0n) is 8.89. The van der Waals surface area contributed by atoms with Gasteiger partial charge < -0.3 is 5.11 Å². The average molecular weight is 317 g/mol. The number of rotatable bonds is 5. The minimum atomic E-state index is -0.675. The first-order valence-electron chi connectivity index (χ1n) is 4.63. The molecule has 0 rings (SSSR count). The van der Waals surface area contributed by atoms with Crippen LogP contribution in [0, 0.1) is 46.3 Å². The minimum absolute atomic E-state index is 0. The molecule has 0 unspecified atom stereocenters. The van der Waals surface area contributed by atoms with E-state index in [0.717, 1.165) is 19.3 Å². The van der Waals surface area contributed by atoms with E-state index in [9.17, 15) is 4.79 Å². The molecular weight excluding hydrogens is 296 g/mol. The normalized spacial score (nSPS) is 10.7. The summed E-state index contributed by atoms with van der Waals surface area (Å²) in [5.41, 5.74) is 0.392. The van der Waals surface area contributed by atoms with Crippen LogP contribution in [0.4, 0.5) is 0 Å². The first kappa shape index (κ1) is 16.3. The second kappa shape index (κ2) is 8.16. The molecule has 1 N–H and O–H groups in total. The van der Waals surface area contributed by atoms with Crippen LogP contribution < -0.4 is 0 Å². The van der Waals surface area contributed by atoms with Crippen molar-refractivity contribution in [3.05, 3.63) is 0 Å². The van der Waals surface area contributed by atoms with Crippen LogP contribution in [0.3, 0.4) is 0 Å². The molecule has 76 valence electrons. The van der Waals surface area contributed by atoms with Crippen LogP contribution in [0.25, 0.3) is 0 Å². The molecule has 0 saturated heterocycles. The molecule has 3 heteroatoms. The summed E-state index contributed by atoms with van der Waals surface area (Å²) >= 11 is 0. The number of hydrogen-bond acceptors (Lipinski definition) is 1. The molecule has 0 aliphatic heterocycles. The van der Waals surface area contributed by atoms with Gasteiger partial charge in [-0.15, -0.1) is 0 Å². The molecular formula is C10H20NdO2. The van der Waals surface area contributed by atoms with Crippen molar-refractivity contribution in [1.29, 1.82) is 0 Å². The molecule has 0 bridgehead atoms. The molecule has 0 saturated carbocycles. The fourth-order valence-electron chi connectivity index (χ4n) is 1.11. The Kier molecular flexibility index (Phi) is 10.2. The Morgan fingerprint density at radius 2 is 1.69 bits per heavy atom. The van der Waals surface area contributed by atoms with Crippen molar-refractivity contribution in [2.75, 3.05) is 0 Å². The number of carboxylic acid groups (broad SMARTS) is 1. The van der Waals surface area contributed by atoms with E-state index in [0.29, 0.717) is 11.8 Å². The summed E-state index contributed by atoms with van der Waals surface area (Å²) in [5, 5.41) is 8.37. The van der Waals surface area contributed by atoms with Gasteiger partial charge in [-0.1, -0.05) is 33.6 Å². The summed E-state index contributed by atoms with van der Waals surface area (Å²) in [6.45, 7) is 6.64. The molecule has 0 atom stereocenters. The van der Waals surface area contributed by atoms with Crippen LogP contribution in [-0.2, 0) is 4.79 Å². The summed E-state index contributed by atoms with van der Waals surface area (Å²) in [7, 11) is 0. The van der Waals surface area contributed by atoms with Crippen molar-refractivity contribution in [3.8, 4) is 0 Å². The van der Waals surface area contributed by atoms with Crippen molar-refractivity contribution in [1.82, 2.24) is 0 Å². The Morgan fingerprint density at radius 1 is 1.15 bits per heavy atom. The van der Waals surface area contributed by atoms with Crippen LogP contribution in [0.2, 0.25) is 0 Å². The van der Waals surface area contributed by atoms with Crippen LogP contribution in [0.15, 0.2) is 0 Å². The van der Waals surface area contributed by atoms with Gasteiger partial charge in [0.05, 0.1) is 0 Å². The van der Waals surface area contributed by atoms with Gasteiger partial charge in [-0.3, -0.25) is 4.79 Å². The maximum Gasteiger partial charge on any atom is 0.303 e. The number of unbranched alkanes of at least 4 members (excludes halogenated alkanes) is 2. The molecule has 0 aliphatic rings. The molecule has 0 amide bonds. The topological polar surface area (TPSA) is 37.3 Å². The Balaban J connectivity index is 0. The minimum Gasteiger partial charge on any atom is -0.481 e. The fraction of sp³-hybridized carbons (Fsp3) is 0.900. The van der Waals surface area contributed by atoms with E-state index in [1.807, 2.05) is 0 Å². The fourth-order valence-corrected chi connectivity index (χ4v) is 1.11. The monoisotopic (exact) mass is 314 g/mol. The molecule has 0 radical (unpaired) electrons. The van der Waals surface area contributed by atoms with Crippen molar-refractivity contribution in [3.63, 3.8) is 0 Å². The molecule has 0 heterocycles. The zero-order chi connectivity index (χ0) is 9.61. The number of carbonyl (C=O) groups is 1. The summed E-state index contributed by atoms with van der Waals surface area (Å²) in [5.74, 6) is -0.675. The van der Waals surface area contributed by atoms with Crippen molar-refractivity contribution in [2.45, 2.75) is 52.9 Å². The van der Waals surface area contributed by atoms with Crippen LogP contribution in [0.1, 0.15) is 52.9 Å². The van der Waals surface area contributed by atoms with E-state index >= 15 is 0 Å². The van der Waals surface area contributed by atoms with Crippen LogP contribution in [-0.4, -0.2) is 11.1 Å². The van der Waals surface area contributed by atoms with E-state index in [1.54, 1.807) is 0 Å². The quantitative estimate of drug-likeness (QED) is 0.792. The van der Waals surface area contributed by atoms with Gasteiger partial charge in [0, 0.05) is 47.3 Å². The molecule has 13 heavy (non-hydrogen) atoms. The third-order valence-electron chi connectivity index (χ3n) is 1.82. The third kappa shape index (κ3) is 15.6. The third-order valence-corrected chi connectivity index (χ3v) is 1.82. The second-order valence-electron chi connectivity index (χ2n) is 4.52. The smallest absolute Gasteiger partial charge is 0.303 e. The van der Waals surface area contributed by atoms with Crippen LogP contribution >= 0.6 is 0 Å². The van der Waals surface area contributed by atoms with Gasteiger partial charge in [-0.2, -0.15) is 0 Å². The van der Waals surface area contributed by atoms with Crippen molar-refractivity contribution in [2.24, 2.45) is 5.41 Å². The largest absolute Gasteiger partial charge is 0.481 e. The predicted octanol–water partition coefficient (Wildman–Crippen LogP) is 3.07. The van der Waals surface area contributed by atoms with Gasteiger partial charge in [0.15, 0.2) is 0 Å². The SMILES string of the molecule is CC(C)(C)CCCCCC(=O)O.[Nd]. The first-order valence-corrected chi connectivity index (χ1v) is 4.63. The predicted molar refractivity (Wildman–Crippen MR) is 50.2 cm³/mol. The molecule has 0 aromatic rings. The standard InChI is InChI=1S/C10H20O2.Nd/c1-10(2,3)8-6-4-5-7-9(11)12;/h4-8H2,1-3H3,(H,11,12);. The average Bonchev–Trinajstić information content (AvgIpc) is 1.83. The Bertz CT molecular complexity index is 138. The molecule has 0 aromatic heterocycles. The first-order chi connectivity index (χ1) is 5.42. The maximum absolute atomic E-state index is 10.2. The Labute approximate surface area is 114 Å². The van der Waals surface area contributed by atoms with Gasteiger partial charge in [0.2, 0.25) is 0 Å². The van der Waals surface area contributed by atoms with Gasteiger partial charge in [0.25, 0.3) is 0 Å². The van der Waals surface area contributed by atoms with Crippen molar-refractivity contribution < 1.29 is 50.7 Å². The zero-order valence-corrected chi connectivity index (χ0v) is 12.1. The van der Waals surface area contributed by atoms with E-state index < -0.39 is 5.97 Å². The van der Waals surface area contributed by atoms with Crippen molar-refractivity contribution >= 4 is 5.97 Å². The molecule has 0 aromatic carbocycles. The van der Waals surface area contributed by atoms with Crippen LogP contribution in [0.5, 0.6) is 0 Å². The Morgan fingerprint density at radius 3 is 2.08 bits per heavy atom. The van der Waals surface area contributed by atoms with E-state index in [1.165, 1.54) is 6.42 Å². The van der Waals surface area contributed by atoms with E-state index in [2.05, 4.69) is 20.8 Å². The van der Waals surface area contributed by atoms with Gasteiger partial charge in [-0.25, -0.2) is 0 Å². The number of carboxylic acids is 1. The number of aliphatic carboxylic acids is 1. The van der Waals surface area contributed by atoms with E-state index in [4.69, 9.17) is 5.11 Å². The summed E-state index contributed by atoms with van der Waals surface area (Å²) < 4.78 is 0. The summed E-state index contributed by atoms with van der Waals surface area (Å²) in [6.07, 6.45) is 4.53. The van der Waals surface area contributed by atoms with Gasteiger partial charge in [0.1, 0.15) is 0 Å².